The number of hydrogen-bond acceptors (Lipinski definition) is 4. The van der Waals surface area contributed by atoms with E-state index in [0.717, 1.165) is 36.8 Å². The van der Waals surface area contributed by atoms with E-state index in [1.165, 1.54) is 28.0 Å². The molecule has 0 saturated heterocycles. The minimum atomic E-state index is 0.771. The summed E-state index contributed by atoms with van der Waals surface area (Å²) < 4.78 is 16.3. The maximum Gasteiger partial charge on any atom is 0.161 e. The Kier molecular flexibility index (Phi) is 3.60. The fourth-order valence-corrected chi connectivity index (χ4v) is 3.59. The molecule has 2 heterocycles. The van der Waals surface area contributed by atoms with Crippen molar-refractivity contribution in [1.82, 2.24) is 4.90 Å². The van der Waals surface area contributed by atoms with Crippen LogP contribution < -0.4 is 14.2 Å². The van der Waals surface area contributed by atoms with Crippen LogP contribution >= 0.6 is 0 Å². The van der Waals surface area contributed by atoms with Crippen LogP contribution in [0.25, 0.3) is 11.8 Å². The lowest BCUT2D eigenvalue weighted by Gasteiger charge is -2.37. The number of rotatable bonds is 3. The largest absolute Gasteiger partial charge is 0.497 e. The summed E-state index contributed by atoms with van der Waals surface area (Å²) in [6.07, 6.45) is 3.29. The molecule has 0 N–H and O–H groups in total. The van der Waals surface area contributed by atoms with Gasteiger partial charge in [0.1, 0.15) is 5.75 Å². The molecule has 4 heteroatoms. The van der Waals surface area contributed by atoms with E-state index in [0.29, 0.717) is 0 Å². The highest BCUT2D eigenvalue weighted by Crippen LogP contribution is 2.40. The van der Waals surface area contributed by atoms with Gasteiger partial charge in [0.05, 0.1) is 21.3 Å². The van der Waals surface area contributed by atoms with Crippen LogP contribution in [-0.4, -0.2) is 32.8 Å². The molecular weight excluding hydrogens is 302 g/mol. The summed E-state index contributed by atoms with van der Waals surface area (Å²) in [6, 6.07) is 10.5. The van der Waals surface area contributed by atoms with Crippen LogP contribution in [-0.2, 0) is 13.0 Å². The van der Waals surface area contributed by atoms with Crippen LogP contribution in [0.15, 0.2) is 30.3 Å². The topological polar surface area (TPSA) is 30.9 Å². The van der Waals surface area contributed by atoms with Crippen LogP contribution in [0.2, 0.25) is 0 Å². The SMILES string of the molecule is COc1ccc2c(c1)CCN1Cc3cc(OC)c(OC)cc3C=C21. The highest BCUT2D eigenvalue weighted by Gasteiger charge is 2.26. The van der Waals surface area contributed by atoms with Crippen LogP contribution in [0.4, 0.5) is 0 Å². The molecule has 24 heavy (non-hydrogen) atoms. The standard InChI is InChI=1S/C20H21NO3/c1-22-16-4-5-17-13(8-16)6-7-21-12-15-11-20(24-3)19(23-2)10-14(15)9-18(17)21/h4-5,8-11H,6-7,12H2,1-3H3. The Bertz CT molecular complexity index is 826. The third-order valence-corrected chi connectivity index (χ3v) is 4.88. The van der Waals surface area contributed by atoms with Crippen LogP contribution in [0.1, 0.15) is 22.3 Å². The lowest BCUT2D eigenvalue weighted by Crippen LogP contribution is -2.31. The van der Waals surface area contributed by atoms with Crippen molar-refractivity contribution in [1.29, 1.82) is 0 Å². The van der Waals surface area contributed by atoms with Gasteiger partial charge in [0.15, 0.2) is 11.5 Å². The van der Waals surface area contributed by atoms with Crippen LogP contribution in [0, 0.1) is 0 Å². The van der Waals surface area contributed by atoms with E-state index in [1.54, 1.807) is 21.3 Å². The van der Waals surface area contributed by atoms with Gasteiger partial charge in [-0.25, -0.2) is 0 Å². The zero-order chi connectivity index (χ0) is 16.7. The molecule has 4 rings (SSSR count). The molecule has 2 aliphatic rings. The monoisotopic (exact) mass is 323 g/mol. The Hall–Kier alpha value is -2.62. The Labute approximate surface area is 142 Å². The molecule has 124 valence electrons. The Morgan fingerprint density at radius 1 is 0.875 bits per heavy atom. The molecule has 0 fully saturated rings. The molecule has 2 aliphatic heterocycles. The molecule has 0 bridgehead atoms. The van der Waals surface area contributed by atoms with Gasteiger partial charge in [-0.05, 0) is 59.5 Å². The average Bonchev–Trinajstić information content (AvgIpc) is 2.64. The van der Waals surface area contributed by atoms with Crippen molar-refractivity contribution in [2.45, 2.75) is 13.0 Å². The quantitative estimate of drug-likeness (QED) is 0.864. The summed E-state index contributed by atoms with van der Waals surface area (Å²) in [5, 5.41) is 0. The van der Waals surface area contributed by atoms with E-state index in [1.807, 2.05) is 6.07 Å². The maximum atomic E-state index is 5.45. The first-order valence-electron chi connectivity index (χ1n) is 8.12. The molecule has 0 unspecified atom stereocenters. The second-order valence-corrected chi connectivity index (χ2v) is 6.13. The Morgan fingerprint density at radius 2 is 1.67 bits per heavy atom. The molecule has 0 saturated carbocycles. The number of ether oxygens (including phenoxy) is 3. The Morgan fingerprint density at radius 3 is 2.42 bits per heavy atom. The molecular formula is C20H21NO3. The van der Waals surface area contributed by atoms with E-state index in [9.17, 15) is 0 Å². The number of hydrogen-bond donors (Lipinski definition) is 0. The zero-order valence-electron chi connectivity index (χ0n) is 14.3. The van der Waals surface area contributed by atoms with Gasteiger partial charge in [0, 0.05) is 24.4 Å². The summed E-state index contributed by atoms with van der Waals surface area (Å²) in [6.45, 7) is 1.91. The van der Waals surface area contributed by atoms with Crippen molar-refractivity contribution < 1.29 is 14.2 Å². The van der Waals surface area contributed by atoms with E-state index in [4.69, 9.17) is 14.2 Å². The normalized spacial score (nSPS) is 15.0. The van der Waals surface area contributed by atoms with E-state index >= 15 is 0 Å². The third kappa shape index (κ3) is 2.30. The predicted molar refractivity (Wildman–Crippen MR) is 94.5 cm³/mol. The minimum absolute atomic E-state index is 0.771. The van der Waals surface area contributed by atoms with Crippen LogP contribution in [0.5, 0.6) is 17.2 Å². The molecule has 0 amide bonds. The first-order valence-corrected chi connectivity index (χ1v) is 8.12. The molecule has 0 aromatic heterocycles. The number of nitrogens with zero attached hydrogens (tertiary/aromatic N) is 1. The van der Waals surface area contributed by atoms with Crippen molar-refractivity contribution in [2.75, 3.05) is 27.9 Å². The van der Waals surface area contributed by atoms with Crippen LogP contribution in [0.3, 0.4) is 0 Å². The van der Waals surface area contributed by atoms with Crippen molar-refractivity contribution in [3.63, 3.8) is 0 Å². The summed E-state index contributed by atoms with van der Waals surface area (Å²) in [5.74, 6) is 2.48. The fourth-order valence-electron chi connectivity index (χ4n) is 3.59. The van der Waals surface area contributed by atoms with Gasteiger partial charge in [0.2, 0.25) is 0 Å². The number of benzene rings is 2. The summed E-state index contributed by atoms with van der Waals surface area (Å²) in [7, 11) is 5.07. The maximum absolute atomic E-state index is 5.45. The molecule has 0 radical (unpaired) electrons. The molecule has 2 aromatic carbocycles. The molecule has 4 nitrogen and oxygen atoms in total. The second kappa shape index (κ2) is 5.78. The molecule has 0 atom stereocenters. The molecule has 2 aromatic rings. The van der Waals surface area contributed by atoms with Crippen molar-refractivity contribution >= 4 is 11.8 Å². The van der Waals surface area contributed by atoms with E-state index < -0.39 is 0 Å². The van der Waals surface area contributed by atoms with Gasteiger partial charge in [-0.3, -0.25) is 0 Å². The highest BCUT2D eigenvalue weighted by molar-refractivity contribution is 5.86. The van der Waals surface area contributed by atoms with Gasteiger partial charge in [-0.2, -0.15) is 0 Å². The van der Waals surface area contributed by atoms with Gasteiger partial charge < -0.3 is 19.1 Å². The summed E-state index contributed by atoms with van der Waals surface area (Å²) >= 11 is 0. The van der Waals surface area contributed by atoms with Gasteiger partial charge >= 0.3 is 0 Å². The van der Waals surface area contributed by atoms with E-state index in [-0.39, 0.29) is 0 Å². The van der Waals surface area contributed by atoms with Crippen molar-refractivity contribution in [3.8, 4) is 17.2 Å². The number of fused-ring (bicyclic) bond motifs is 4. The first-order chi connectivity index (χ1) is 11.7. The molecule has 0 spiro atoms. The predicted octanol–water partition coefficient (Wildman–Crippen LogP) is 3.58. The molecule has 0 aliphatic carbocycles. The lowest BCUT2D eigenvalue weighted by atomic mass is 9.90. The smallest absolute Gasteiger partial charge is 0.161 e. The van der Waals surface area contributed by atoms with Gasteiger partial charge in [-0.1, -0.05) is 0 Å². The first kappa shape index (κ1) is 14.9. The average molecular weight is 323 g/mol. The van der Waals surface area contributed by atoms with Gasteiger partial charge in [0.25, 0.3) is 0 Å². The summed E-state index contributed by atoms with van der Waals surface area (Å²) in [4.78, 5) is 2.43. The lowest BCUT2D eigenvalue weighted by molar-refractivity contribution is 0.350. The zero-order valence-corrected chi connectivity index (χ0v) is 14.3. The minimum Gasteiger partial charge on any atom is -0.497 e. The number of methoxy groups -OCH3 is 3. The highest BCUT2D eigenvalue weighted by atomic mass is 16.5. The summed E-state index contributed by atoms with van der Waals surface area (Å²) in [5.41, 5.74) is 6.39. The van der Waals surface area contributed by atoms with E-state index in [2.05, 4.69) is 35.2 Å². The Balaban J connectivity index is 1.82. The second-order valence-electron chi connectivity index (χ2n) is 6.13. The van der Waals surface area contributed by atoms with Crippen molar-refractivity contribution in [2.24, 2.45) is 0 Å². The van der Waals surface area contributed by atoms with Crippen molar-refractivity contribution in [3.05, 3.63) is 52.6 Å². The fraction of sp³-hybridized carbons (Fsp3) is 0.300. The third-order valence-electron chi connectivity index (χ3n) is 4.88. The van der Waals surface area contributed by atoms with Gasteiger partial charge in [-0.15, -0.1) is 0 Å².